The zero-order valence-corrected chi connectivity index (χ0v) is 22.3. The number of rotatable bonds is 18. The van der Waals surface area contributed by atoms with Gasteiger partial charge in [-0.2, -0.15) is 16.8 Å². The Morgan fingerprint density at radius 1 is 0.556 bits per heavy atom. The quantitative estimate of drug-likeness (QED) is 0.144. The van der Waals surface area contributed by atoms with Gasteiger partial charge in [0.1, 0.15) is 22.9 Å². The maximum absolute atomic E-state index is 11.0. The minimum atomic E-state index is -3.40. The normalized spacial score (nSPS) is 12.2. The molecule has 0 unspecified atom stereocenters. The fraction of sp³-hybridized carbons (Fsp3) is 0.500. The van der Waals surface area contributed by atoms with Gasteiger partial charge < -0.3 is 9.47 Å². The predicted octanol–water partition coefficient (Wildman–Crippen LogP) is 5.15. The maximum atomic E-state index is 11.0. The van der Waals surface area contributed by atoms with E-state index in [2.05, 4.69) is 10.2 Å². The van der Waals surface area contributed by atoms with Crippen molar-refractivity contribution in [3.05, 3.63) is 48.5 Å². The first-order valence-corrected chi connectivity index (χ1v) is 15.3. The summed E-state index contributed by atoms with van der Waals surface area (Å²) in [5.74, 6) is 1.20. The fourth-order valence-electron chi connectivity index (χ4n) is 2.98. The van der Waals surface area contributed by atoms with Crippen LogP contribution in [0, 0.1) is 0 Å². The van der Waals surface area contributed by atoms with Crippen molar-refractivity contribution in [2.45, 2.75) is 38.5 Å². The molecule has 0 radical (unpaired) electrons. The van der Waals surface area contributed by atoms with Crippen LogP contribution in [0.5, 0.6) is 11.5 Å². The van der Waals surface area contributed by atoms with Crippen LogP contribution < -0.4 is 9.47 Å². The number of ether oxygens (including phenoxy) is 2. The highest BCUT2D eigenvalue weighted by molar-refractivity contribution is 7.86. The SMILES string of the molecule is CS(=O)(=O)OCCCCCOc1ccccc1N=Nc1ccccc1OCCCCCOS(C)(=O)=O. The lowest BCUT2D eigenvalue weighted by Crippen LogP contribution is -2.05. The Morgan fingerprint density at radius 2 is 0.917 bits per heavy atom. The summed E-state index contributed by atoms with van der Waals surface area (Å²) < 4.78 is 65.0. The van der Waals surface area contributed by atoms with Crippen LogP contribution in [0.3, 0.4) is 0 Å². The summed E-state index contributed by atoms with van der Waals surface area (Å²) in [5, 5.41) is 8.69. The summed E-state index contributed by atoms with van der Waals surface area (Å²) in [6.07, 6.45) is 6.37. The molecule has 12 heteroatoms. The van der Waals surface area contributed by atoms with Gasteiger partial charge in [-0.25, -0.2) is 0 Å². The Morgan fingerprint density at radius 3 is 1.31 bits per heavy atom. The molecule has 0 spiro atoms. The van der Waals surface area contributed by atoms with E-state index in [1.807, 2.05) is 36.4 Å². The lowest BCUT2D eigenvalue weighted by molar-refractivity contribution is 0.282. The Labute approximate surface area is 213 Å². The van der Waals surface area contributed by atoms with Crippen LogP contribution in [0.15, 0.2) is 58.8 Å². The third-order valence-corrected chi connectivity index (χ3v) is 5.87. The van der Waals surface area contributed by atoms with Crippen LogP contribution in [0.4, 0.5) is 11.4 Å². The van der Waals surface area contributed by atoms with E-state index < -0.39 is 20.2 Å². The topological polar surface area (TPSA) is 130 Å². The van der Waals surface area contributed by atoms with Crippen LogP contribution >= 0.6 is 0 Å². The van der Waals surface area contributed by atoms with Gasteiger partial charge in [0, 0.05) is 0 Å². The highest BCUT2D eigenvalue weighted by Crippen LogP contribution is 2.32. The first-order valence-electron chi connectivity index (χ1n) is 11.7. The van der Waals surface area contributed by atoms with Gasteiger partial charge in [0.15, 0.2) is 0 Å². The van der Waals surface area contributed by atoms with E-state index in [1.54, 1.807) is 12.1 Å². The monoisotopic (exact) mass is 542 g/mol. The molecular formula is C24H34N2O8S2. The molecule has 0 fully saturated rings. The zero-order chi connectivity index (χ0) is 26.3. The summed E-state index contributed by atoms with van der Waals surface area (Å²) in [6, 6.07) is 14.6. The molecule has 2 aromatic carbocycles. The number of hydrogen-bond donors (Lipinski definition) is 0. The zero-order valence-electron chi connectivity index (χ0n) is 20.7. The lowest BCUT2D eigenvalue weighted by atomic mass is 10.2. The van der Waals surface area contributed by atoms with E-state index in [0.29, 0.717) is 48.9 Å². The van der Waals surface area contributed by atoms with Crippen LogP contribution in [0.1, 0.15) is 38.5 Å². The molecule has 0 amide bonds. The Kier molecular flexibility index (Phi) is 12.8. The molecule has 0 aliphatic heterocycles. The third kappa shape index (κ3) is 13.5. The number of nitrogens with zero attached hydrogens (tertiary/aromatic N) is 2. The molecule has 200 valence electrons. The summed E-state index contributed by atoms with van der Waals surface area (Å²) in [4.78, 5) is 0. The van der Waals surface area contributed by atoms with E-state index in [4.69, 9.17) is 17.8 Å². The van der Waals surface area contributed by atoms with Crippen molar-refractivity contribution in [2.24, 2.45) is 10.2 Å². The second-order valence-corrected chi connectivity index (χ2v) is 11.3. The largest absolute Gasteiger partial charge is 0.491 e. The molecule has 0 aliphatic rings. The first-order chi connectivity index (χ1) is 17.1. The molecule has 0 aliphatic carbocycles. The predicted molar refractivity (Wildman–Crippen MR) is 137 cm³/mol. The van der Waals surface area contributed by atoms with Gasteiger partial charge in [0.05, 0.1) is 38.9 Å². The van der Waals surface area contributed by atoms with Crippen molar-refractivity contribution in [2.75, 3.05) is 38.9 Å². The van der Waals surface area contributed by atoms with Gasteiger partial charge in [0.2, 0.25) is 0 Å². The second kappa shape index (κ2) is 15.5. The number of azo groups is 1. The number of para-hydroxylation sites is 2. The molecule has 0 bridgehead atoms. The Hall–Kier alpha value is -2.54. The first kappa shape index (κ1) is 29.7. The minimum absolute atomic E-state index is 0.169. The van der Waals surface area contributed by atoms with Gasteiger partial charge in [-0.1, -0.05) is 24.3 Å². The average molecular weight is 543 g/mol. The standard InChI is InChI=1S/C24H34N2O8S2/c1-35(27,28)33-19-11-3-9-17-31-23-15-7-5-13-21(23)25-26-22-14-6-8-16-24(22)32-18-10-4-12-20-34-36(2,29)30/h5-8,13-16H,3-4,9-12,17-20H2,1-2H3. The molecule has 10 nitrogen and oxygen atoms in total. The van der Waals surface area contributed by atoms with Crippen molar-refractivity contribution in [3.63, 3.8) is 0 Å². The van der Waals surface area contributed by atoms with Crippen molar-refractivity contribution in [1.29, 1.82) is 0 Å². The smallest absolute Gasteiger partial charge is 0.264 e. The summed E-state index contributed by atoms with van der Waals surface area (Å²) in [5.41, 5.74) is 1.16. The average Bonchev–Trinajstić information content (AvgIpc) is 2.81. The lowest BCUT2D eigenvalue weighted by Gasteiger charge is -2.09. The van der Waals surface area contributed by atoms with E-state index in [-0.39, 0.29) is 13.2 Å². The summed E-state index contributed by atoms with van der Waals surface area (Å²) in [6.45, 7) is 1.26. The molecule has 0 saturated heterocycles. The third-order valence-electron chi connectivity index (χ3n) is 4.68. The van der Waals surface area contributed by atoms with E-state index in [9.17, 15) is 16.8 Å². The molecule has 0 aromatic heterocycles. The molecular weight excluding hydrogens is 508 g/mol. The Bertz CT molecular complexity index is 1080. The molecule has 0 atom stereocenters. The van der Waals surface area contributed by atoms with Crippen LogP contribution in [0.25, 0.3) is 0 Å². The number of hydrogen-bond acceptors (Lipinski definition) is 10. The van der Waals surface area contributed by atoms with Gasteiger partial charge >= 0.3 is 0 Å². The molecule has 0 heterocycles. The van der Waals surface area contributed by atoms with Gasteiger partial charge in [0.25, 0.3) is 20.2 Å². The van der Waals surface area contributed by atoms with Crippen molar-refractivity contribution in [1.82, 2.24) is 0 Å². The van der Waals surface area contributed by atoms with Crippen LogP contribution in [-0.4, -0.2) is 55.8 Å². The van der Waals surface area contributed by atoms with Crippen LogP contribution in [-0.2, 0) is 28.6 Å². The van der Waals surface area contributed by atoms with Crippen molar-refractivity contribution in [3.8, 4) is 11.5 Å². The minimum Gasteiger partial charge on any atom is -0.491 e. The number of unbranched alkanes of at least 4 members (excludes halogenated alkanes) is 4. The molecule has 0 N–H and O–H groups in total. The van der Waals surface area contributed by atoms with E-state index >= 15 is 0 Å². The summed E-state index contributed by atoms with van der Waals surface area (Å²) in [7, 11) is -6.80. The van der Waals surface area contributed by atoms with Crippen molar-refractivity contribution < 1.29 is 34.7 Å². The van der Waals surface area contributed by atoms with E-state index in [0.717, 1.165) is 38.2 Å². The molecule has 2 aromatic rings. The number of benzene rings is 2. The molecule has 2 rings (SSSR count). The summed E-state index contributed by atoms with van der Waals surface area (Å²) >= 11 is 0. The fourth-order valence-corrected chi connectivity index (χ4v) is 3.82. The van der Waals surface area contributed by atoms with Crippen LogP contribution in [0.2, 0.25) is 0 Å². The Balaban J connectivity index is 1.81. The van der Waals surface area contributed by atoms with E-state index in [1.165, 1.54) is 0 Å². The molecule has 0 saturated carbocycles. The van der Waals surface area contributed by atoms with Gasteiger partial charge in [-0.15, -0.1) is 10.2 Å². The van der Waals surface area contributed by atoms with Gasteiger partial charge in [-0.05, 0) is 62.8 Å². The second-order valence-electron chi connectivity index (χ2n) is 8.01. The maximum Gasteiger partial charge on any atom is 0.264 e. The molecule has 36 heavy (non-hydrogen) atoms. The highest BCUT2D eigenvalue weighted by Gasteiger charge is 2.06. The highest BCUT2D eigenvalue weighted by atomic mass is 32.2. The van der Waals surface area contributed by atoms with Crippen molar-refractivity contribution >= 4 is 31.6 Å². The van der Waals surface area contributed by atoms with Gasteiger partial charge in [-0.3, -0.25) is 8.37 Å².